The van der Waals surface area contributed by atoms with Crippen molar-refractivity contribution < 1.29 is 9.53 Å². The van der Waals surface area contributed by atoms with Gasteiger partial charge in [-0.05, 0) is 25.2 Å². The Bertz CT molecular complexity index is 171. The summed E-state index contributed by atoms with van der Waals surface area (Å²) in [5.74, 6) is -0.186. The number of carbonyl (C=O) groups excluding carboxylic acids is 1. The summed E-state index contributed by atoms with van der Waals surface area (Å²) in [6.45, 7) is 8.85. The third-order valence-electron chi connectivity index (χ3n) is 1.82. The number of rotatable bonds is 5. The molecule has 0 bridgehead atoms. The van der Waals surface area contributed by atoms with Crippen LogP contribution in [0.5, 0.6) is 0 Å². The van der Waals surface area contributed by atoms with Gasteiger partial charge in [-0.3, -0.25) is 4.79 Å². The van der Waals surface area contributed by atoms with E-state index in [1.165, 1.54) is 0 Å². The third-order valence-corrected chi connectivity index (χ3v) is 1.82. The molecule has 84 valence electrons. The molecular formula is C11H23NO2. The molecule has 0 fully saturated rings. The van der Waals surface area contributed by atoms with Crippen molar-refractivity contribution in [1.82, 2.24) is 0 Å². The largest absolute Gasteiger partial charge is 0.466 e. The molecule has 0 aromatic rings. The van der Waals surface area contributed by atoms with Gasteiger partial charge >= 0.3 is 5.97 Å². The summed E-state index contributed by atoms with van der Waals surface area (Å²) >= 11 is 0. The number of ether oxygens (including phenoxy) is 1. The van der Waals surface area contributed by atoms with E-state index in [1.54, 1.807) is 6.92 Å². The van der Waals surface area contributed by atoms with Crippen LogP contribution in [-0.4, -0.2) is 18.6 Å². The molecule has 0 aliphatic rings. The standard InChI is InChI=1S/C11H23NO2/c1-9(12)8-10(13)14-7-5-6-11(2,3)4/h9H,5-8,12H2,1-4H3. The molecule has 0 spiro atoms. The van der Waals surface area contributed by atoms with Gasteiger partial charge in [0.15, 0.2) is 0 Å². The quantitative estimate of drug-likeness (QED) is 0.547. The Morgan fingerprint density at radius 1 is 1.43 bits per heavy atom. The first-order valence-electron chi connectivity index (χ1n) is 5.22. The molecule has 1 atom stereocenters. The van der Waals surface area contributed by atoms with Gasteiger partial charge < -0.3 is 10.5 Å². The van der Waals surface area contributed by atoms with Crippen molar-refractivity contribution in [3.05, 3.63) is 0 Å². The maximum absolute atomic E-state index is 11.1. The molecule has 1 unspecified atom stereocenters. The van der Waals surface area contributed by atoms with Gasteiger partial charge in [-0.1, -0.05) is 20.8 Å². The van der Waals surface area contributed by atoms with Gasteiger partial charge in [0.05, 0.1) is 13.0 Å². The van der Waals surface area contributed by atoms with Gasteiger partial charge in [0.1, 0.15) is 0 Å². The minimum atomic E-state index is -0.186. The summed E-state index contributed by atoms with van der Waals surface area (Å²) < 4.78 is 5.03. The topological polar surface area (TPSA) is 52.3 Å². The average molecular weight is 201 g/mol. The van der Waals surface area contributed by atoms with Crippen molar-refractivity contribution in [1.29, 1.82) is 0 Å². The molecular weight excluding hydrogens is 178 g/mol. The zero-order valence-electron chi connectivity index (χ0n) is 9.80. The highest BCUT2D eigenvalue weighted by Gasteiger charge is 2.10. The van der Waals surface area contributed by atoms with Gasteiger partial charge in [0.2, 0.25) is 0 Å². The highest BCUT2D eigenvalue weighted by atomic mass is 16.5. The van der Waals surface area contributed by atoms with E-state index in [0.717, 1.165) is 12.8 Å². The summed E-state index contributed by atoms with van der Waals surface area (Å²) in [7, 11) is 0. The zero-order chi connectivity index (χ0) is 11.2. The normalized spacial score (nSPS) is 13.8. The van der Waals surface area contributed by atoms with Crippen LogP contribution >= 0.6 is 0 Å². The maximum Gasteiger partial charge on any atom is 0.307 e. The molecule has 0 aliphatic carbocycles. The molecule has 0 amide bonds. The third kappa shape index (κ3) is 9.52. The Hall–Kier alpha value is -0.570. The summed E-state index contributed by atoms with van der Waals surface area (Å²) in [5.41, 5.74) is 5.78. The van der Waals surface area contributed by atoms with Crippen LogP contribution in [-0.2, 0) is 9.53 Å². The first-order chi connectivity index (χ1) is 6.31. The van der Waals surface area contributed by atoms with Crippen LogP contribution in [0.25, 0.3) is 0 Å². The molecule has 0 rings (SSSR count). The van der Waals surface area contributed by atoms with Crippen LogP contribution in [0, 0.1) is 5.41 Å². The highest BCUT2D eigenvalue weighted by Crippen LogP contribution is 2.20. The van der Waals surface area contributed by atoms with Crippen LogP contribution < -0.4 is 5.73 Å². The van der Waals surface area contributed by atoms with Crippen LogP contribution in [0.3, 0.4) is 0 Å². The Kier molecular flexibility index (Phi) is 5.77. The number of nitrogens with two attached hydrogens (primary N) is 1. The van der Waals surface area contributed by atoms with E-state index in [2.05, 4.69) is 20.8 Å². The molecule has 0 heterocycles. The van der Waals surface area contributed by atoms with Crippen molar-refractivity contribution in [3.8, 4) is 0 Å². The Morgan fingerprint density at radius 3 is 2.43 bits per heavy atom. The van der Waals surface area contributed by atoms with Crippen LogP contribution in [0.2, 0.25) is 0 Å². The lowest BCUT2D eigenvalue weighted by atomic mass is 9.91. The second kappa shape index (κ2) is 6.02. The Balaban J connectivity index is 3.41. The van der Waals surface area contributed by atoms with E-state index in [1.807, 2.05) is 0 Å². The summed E-state index contributed by atoms with van der Waals surface area (Å²) in [6, 6.07) is -0.106. The molecule has 2 N–H and O–H groups in total. The summed E-state index contributed by atoms with van der Waals surface area (Å²) in [4.78, 5) is 11.1. The predicted molar refractivity (Wildman–Crippen MR) is 57.9 cm³/mol. The van der Waals surface area contributed by atoms with Gasteiger partial charge in [-0.25, -0.2) is 0 Å². The zero-order valence-corrected chi connectivity index (χ0v) is 9.80. The second-order valence-electron chi connectivity index (χ2n) is 5.07. The molecule has 3 heteroatoms. The Labute approximate surface area is 87.0 Å². The first-order valence-corrected chi connectivity index (χ1v) is 5.22. The van der Waals surface area contributed by atoms with Gasteiger partial charge in [0.25, 0.3) is 0 Å². The lowest BCUT2D eigenvalue weighted by Crippen LogP contribution is -2.21. The molecule has 3 nitrogen and oxygen atoms in total. The summed E-state index contributed by atoms with van der Waals surface area (Å²) in [5, 5.41) is 0. The monoisotopic (exact) mass is 201 g/mol. The van der Waals surface area contributed by atoms with E-state index in [4.69, 9.17) is 10.5 Å². The van der Waals surface area contributed by atoms with Gasteiger partial charge in [-0.15, -0.1) is 0 Å². The Morgan fingerprint density at radius 2 is 2.00 bits per heavy atom. The van der Waals surface area contributed by atoms with Gasteiger partial charge in [0, 0.05) is 6.04 Å². The lowest BCUT2D eigenvalue weighted by molar-refractivity contribution is -0.144. The highest BCUT2D eigenvalue weighted by molar-refractivity contribution is 5.69. The van der Waals surface area contributed by atoms with Crippen LogP contribution in [0.1, 0.15) is 47.0 Å². The van der Waals surface area contributed by atoms with E-state index in [9.17, 15) is 4.79 Å². The van der Waals surface area contributed by atoms with E-state index >= 15 is 0 Å². The molecule has 0 aliphatic heterocycles. The molecule has 14 heavy (non-hydrogen) atoms. The predicted octanol–water partition coefficient (Wildman–Crippen LogP) is 2.09. The first kappa shape index (κ1) is 13.4. The maximum atomic E-state index is 11.1. The molecule has 0 radical (unpaired) electrons. The average Bonchev–Trinajstić information content (AvgIpc) is 1.95. The fourth-order valence-corrected chi connectivity index (χ4v) is 1.11. The lowest BCUT2D eigenvalue weighted by Gasteiger charge is -2.17. The van der Waals surface area contributed by atoms with Crippen molar-refractivity contribution in [2.24, 2.45) is 11.1 Å². The SMILES string of the molecule is CC(N)CC(=O)OCCCC(C)(C)C. The summed E-state index contributed by atoms with van der Waals surface area (Å²) in [6.07, 6.45) is 2.31. The fraction of sp³-hybridized carbons (Fsp3) is 0.909. The smallest absolute Gasteiger partial charge is 0.307 e. The second-order valence-corrected chi connectivity index (χ2v) is 5.07. The minimum Gasteiger partial charge on any atom is -0.466 e. The number of hydrogen-bond acceptors (Lipinski definition) is 3. The van der Waals surface area contributed by atoms with Crippen LogP contribution in [0.15, 0.2) is 0 Å². The number of carbonyl (C=O) groups is 1. The number of esters is 1. The van der Waals surface area contributed by atoms with E-state index in [0.29, 0.717) is 18.4 Å². The van der Waals surface area contributed by atoms with Gasteiger partial charge in [-0.2, -0.15) is 0 Å². The van der Waals surface area contributed by atoms with E-state index in [-0.39, 0.29) is 12.0 Å². The fourth-order valence-electron chi connectivity index (χ4n) is 1.11. The van der Waals surface area contributed by atoms with E-state index < -0.39 is 0 Å². The van der Waals surface area contributed by atoms with Crippen molar-refractivity contribution in [3.63, 3.8) is 0 Å². The molecule has 0 aromatic carbocycles. The van der Waals surface area contributed by atoms with Crippen molar-refractivity contribution in [2.75, 3.05) is 6.61 Å². The van der Waals surface area contributed by atoms with Crippen LogP contribution in [0.4, 0.5) is 0 Å². The van der Waals surface area contributed by atoms with Crippen molar-refractivity contribution >= 4 is 5.97 Å². The minimum absolute atomic E-state index is 0.106. The molecule has 0 saturated carbocycles. The van der Waals surface area contributed by atoms with Crippen molar-refractivity contribution in [2.45, 2.75) is 53.0 Å². The molecule has 0 aromatic heterocycles. The molecule has 0 saturated heterocycles. The number of hydrogen-bond donors (Lipinski definition) is 1.